The molecule has 104 valence electrons. The van der Waals surface area contributed by atoms with Crippen molar-refractivity contribution in [1.82, 2.24) is 10.2 Å². The van der Waals surface area contributed by atoms with Gasteiger partial charge in [0.1, 0.15) is 11.8 Å². The molecular weight excluding hydrogens is 265 g/mol. The number of halogens is 1. The van der Waals surface area contributed by atoms with Crippen LogP contribution in [0.1, 0.15) is 34.2 Å². The first-order valence-corrected chi connectivity index (χ1v) is 5.79. The normalized spacial score (nSPS) is 32.1. The minimum atomic E-state index is -2.26. The Balaban J connectivity index is 2.16. The van der Waals surface area contributed by atoms with Gasteiger partial charge in [0.25, 0.3) is 5.91 Å². The summed E-state index contributed by atoms with van der Waals surface area (Å²) < 4.78 is 45.5. The van der Waals surface area contributed by atoms with Gasteiger partial charge in [0.05, 0.1) is 5.48 Å². The van der Waals surface area contributed by atoms with E-state index in [-0.39, 0.29) is 18.4 Å². The molecule has 0 aliphatic carbocycles. The summed E-state index contributed by atoms with van der Waals surface area (Å²) in [5.41, 5.74) is 4.34. The fraction of sp³-hybridized carbons (Fsp3) is 0.308. The van der Waals surface area contributed by atoms with E-state index in [2.05, 4.69) is 0 Å². The minimum Gasteiger partial charge on any atom is -0.398 e. The highest BCUT2D eigenvalue weighted by molar-refractivity contribution is 6.06. The topological polar surface area (TPSA) is 92.5 Å². The number of benzene rings is 1. The Morgan fingerprint density at radius 3 is 2.95 bits per heavy atom. The molecule has 1 fully saturated rings. The van der Waals surface area contributed by atoms with Crippen molar-refractivity contribution in [2.45, 2.75) is 25.4 Å². The predicted octanol–water partition coefficient (Wildman–Crippen LogP) is 0.169. The summed E-state index contributed by atoms with van der Waals surface area (Å²) in [5, 5.41) is 1.93. The predicted molar refractivity (Wildman–Crippen MR) is 66.9 cm³/mol. The number of hydrogen-bond acceptors (Lipinski definition) is 4. The molecule has 7 heteroatoms. The number of anilines is 1. The molecule has 3 rings (SSSR count). The van der Waals surface area contributed by atoms with E-state index >= 15 is 0 Å². The maximum atomic E-state index is 13.9. The number of carbonyl (C=O) groups is 3. The van der Waals surface area contributed by atoms with Crippen molar-refractivity contribution in [1.29, 1.82) is 0 Å². The largest absolute Gasteiger partial charge is 0.398 e. The minimum absolute atomic E-state index is 0.205. The highest BCUT2D eigenvalue weighted by atomic mass is 19.1. The van der Waals surface area contributed by atoms with Gasteiger partial charge in [-0.1, -0.05) is 0 Å². The van der Waals surface area contributed by atoms with Crippen LogP contribution < -0.4 is 11.1 Å². The summed E-state index contributed by atoms with van der Waals surface area (Å²) in [7, 11) is 0. The Kier molecular flexibility index (Phi) is 1.86. The zero-order valence-electron chi connectivity index (χ0n) is 14.1. The molecule has 3 N–H and O–H groups in total. The van der Waals surface area contributed by atoms with Crippen LogP contribution in [0.4, 0.5) is 10.1 Å². The summed E-state index contributed by atoms with van der Waals surface area (Å²) >= 11 is 0. The van der Waals surface area contributed by atoms with Gasteiger partial charge in [-0.3, -0.25) is 19.7 Å². The van der Waals surface area contributed by atoms with Crippen molar-refractivity contribution < 1.29 is 24.3 Å². The van der Waals surface area contributed by atoms with Crippen molar-refractivity contribution in [3.8, 4) is 0 Å². The van der Waals surface area contributed by atoms with Crippen LogP contribution in [0.2, 0.25) is 0 Å². The Morgan fingerprint density at radius 1 is 1.50 bits per heavy atom. The van der Waals surface area contributed by atoms with Gasteiger partial charge in [0, 0.05) is 29.8 Å². The third-order valence-corrected chi connectivity index (χ3v) is 3.12. The Labute approximate surface area is 119 Å². The number of carbonyl (C=O) groups excluding carboxylic acids is 3. The van der Waals surface area contributed by atoms with Crippen molar-refractivity contribution >= 4 is 23.4 Å². The van der Waals surface area contributed by atoms with Crippen molar-refractivity contribution in [3.05, 3.63) is 29.0 Å². The van der Waals surface area contributed by atoms with Crippen LogP contribution in [0, 0.1) is 5.82 Å². The monoisotopic (exact) mass is 281 g/mol. The molecule has 0 bridgehead atoms. The summed E-state index contributed by atoms with van der Waals surface area (Å²) in [5.74, 6) is -4.06. The zero-order valence-corrected chi connectivity index (χ0v) is 10.1. The lowest BCUT2D eigenvalue weighted by Gasteiger charge is -2.29. The van der Waals surface area contributed by atoms with E-state index in [9.17, 15) is 18.8 Å². The number of piperidine rings is 1. The molecule has 2 aliphatic rings. The van der Waals surface area contributed by atoms with Crippen LogP contribution in [0.3, 0.4) is 0 Å². The molecule has 2 atom stereocenters. The molecule has 6 nitrogen and oxygen atoms in total. The lowest BCUT2D eigenvalue weighted by molar-refractivity contribution is -0.136. The number of imide groups is 1. The smallest absolute Gasteiger partial charge is 0.255 e. The Bertz CT molecular complexity index is 818. The van der Waals surface area contributed by atoms with Gasteiger partial charge in [0.15, 0.2) is 0 Å². The summed E-state index contributed by atoms with van der Waals surface area (Å²) in [6.45, 7) is -1.65. The molecule has 1 aromatic rings. The van der Waals surface area contributed by atoms with Crippen LogP contribution in [-0.2, 0) is 16.1 Å². The van der Waals surface area contributed by atoms with Crippen LogP contribution in [0.15, 0.2) is 12.1 Å². The number of fused-ring (bicyclic) bond motifs is 1. The third kappa shape index (κ3) is 1.82. The van der Waals surface area contributed by atoms with Gasteiger partial charge >= 0.3 is 0 Å². The van der Waals surface area contributed by atoms with Crippen LogP contribution in [0.5, 0.6) is 0 Å². The van der Waals surface area contributed by atoms with E-state index in [0.717, 1.165) is 0 Å². The maximum Gasteiger partial charge on any atom is 0.255 e. The molecular formula is C13H12FN3O3. The van der Waals surface area contributed by atoms with Gasteiger partial charge in [-0.05, 0) is 18.5 Å². The van der Waals surface area contributed by atoms with Crippen molar-refractivity contribution in [2.75, 3.05) is 5.73 Å². The number of nitrogens with two attached hydrogens (primary N) is 1. The SMILES string of the molecule is [2H]c1c(N)c2c(c([2H])c1F)C(=O)N(C1([2H])CCC(=O)NC1=O)C2[2H]. The van der Waals surface area contributed by atoms with Crippen LogP contribution >= 0.6 is 0 Å². The van der Waals surface area contributed by atoms with Crippen molar-refractivity contribution in [3.63, 3.8) is 0 Å². The first-order chi connectivity index (χ1) is 11.1. The number of hydrogen-bond donors (Lipinski definition) is 2. The first-order valence-electron chi connectivity index (χ1n) is 7.87. The average molecular weight is 281 g/mol. The lowest BCUT2D eigenvalue weighted by atomic mass is 10.0. The highest BCUT2D eigenvalue weighted by Crippen LogP contribution is 2.31. The van der Waals surface area contributed by atoms with Crippen molar-refractivity contribution in [2.24, 2.45) is 0 Å². The van der Waals surface area contributed by atoms with Gasteiger partial charge in [-0.15, -0.1) is 0 Å². The van der Waals surface area contributed by atoms with Gasteiger partial charge in [0.2, 0.25) is 11.8 Å². The molecule has 3 amide bonds. The van der Waals surface area contributed by atoms with E-state index in [1.807, 2.05) is 5.32 Å². The summed E-state index contributed by atoms with van der Waals surface area (Å²) in [6.07, 6.45) is -0.542. The van der Waals surface area contributed by atoms with E-state index in [4.69, 9.17) is 11.2 Å². The molecule has 1 saturated heterocycles. The summed E-state index contributed by atoms with van der Waals surface area (Å²) in [4.78, 5) is 36.5. The average Bonchev–Trinajstić information content (AvgIpc) is 2.79. The molecule has 2 heterocycles. The molecule has 0 radical (unpaired) electrons. The molecule has 2 aliphatic heterocycles. The Morgan fingerprint density at radius 2 is 2.25 bits per heavy atom. The van der Waals surface area contributed by atoms with Gasteiger partial charge in [-0.25, -0.2) is 4.39 Å². The van der Waals surface area contributed by atoms with E-state index in [1.54, 1.807) is 0 Å². The van der Waals surface area contributed by atoms with E-state index in [0.29, 0.717) is 4.90 Å². The first kappa shape index (κ1) is 8.68. The number of nitrogens with one attached hydrogen (secondary N) is 1. The summed E-state index contributed by atoms with van der Waals surface area (Å²) in [6, 6.07) is -3.97. The number of rotatable bonds is 1. The molecule has 1 aromatic carbocycles. The Hall–Kier alpha value is -2.44. The molecule has 0 aromatic heterocycles. The second-order valence-electron chi connectivity index (χ2n) is 4.39. The fourth-order valence-corrected chi connectivity index (χ4v) is 2.18. The second kappa shape index (κ2) is 4.29. The van der Waals surface area contributed by atoms with Crippen LogP contribution in [0.25, 0.3) is 0 Å². The zero-order chi connectivity index (χ0) is 18.0. The van der Waals surface area contributed by atoms with E-state index < -0.39 is 59.4 Å². The van der Waals surface area contributed by atoms with Gasteiger partial charge < -0.3 is 10.6 Å². The molecule has 0 spiro atoms. The number of amides is 3. The standard InChI is InChI=1S/C13H12FN3O3/c14-6-3-7-8(9(15)4-6)5-17(13(7)20)10-1-2-11(18)16-12(10)19/h3-4,10H,1-2,5,15H2,(H,16,18,19)/i3D,4D,5D,10D. The molecule has 0 saturated carbocycles. The number of nitrogen functional groups attached to an aromatic ring is 1. The fourth-order valence-electron chi connectivity index (χ4n) is 2.18. The molecule has 2 unspecified atom stereocenters. The third-order valence-electron chi connectivity index (χ3n) is 3.12. The van der Waals surface area contributed by atoms with E-state index in [1.165, 1.54) is 0 Å². The second-order valence-corrected chi connectivity index (χ2v) is 4.39. The molecule has 20 heavy (non-hydrogen) atoms. The highest BCUT2D eigenvalue weighted by Gasteiger charge is 2.39. The number of nitrogens with zero attached hydrogens (tertiary/aromatic N) is 1. The van der Waals surface area contributed by atoms with Crippen LogP contribution in [-0.4, -0.2) is 28.6 Å². The quantitative estimate of drug-likeness (QED) is 0.567. The lowest BCUT2D eigenvalue weighted by Crippen LogP contribution is -2.52. The van der Waals surface area contributed by atoms with Gasteiger partial charge in [-0.2, -0.15) is 0 Å². The maximum absolute atomic E-state index is 13.9.